The van der Waals surface area contributed by atoms with E-state index in [1.54, 1.807) is 46.5 Å². The fourth-order valence-corrected chi connectivity index (χ4v) is 4.35. The fraction of sp³-hybridized carbons (Fsp3) is 0.273. The second-order valence-electron chi connectivity index (χ2n) is 7.65. The van der Waals surface area contributed by atoms with Crippen LogP contribution in [0.15, 0.2) is 45.0 Å². The number of nitrogens with zero attached hydrogens (tertiary/aromatic N) is 7. The normalized spacial score (nSPS) is 13.6. The van der Waals surface area contributed by atoms with Gasteiger partial charge in [0.15, 0.2) is 18.1 Å². The van der Waals surface area contributed by atoms with Gasteiger partial charge in [-0.05, 0) is 12.1 Å². The Hall–Kier alpha value is -4.44. The number of esters is 1. The lowest BCUT2D eigenvalue weighted by Gasteiger charge is -2.34. The topological polar surface area (TPSA) is 144 Å². The average Bonchev–Trinajstić information content (AvgIpc) is 3.67. The highest BCUT2D eigenvalue weighted by molar-refractivity contribution is 7.13. The molecule has 5 rings (SSSR count). The molecule has 4 aromatic heterocycles. The summed E-state index contributed by atoms with van der Waals surface area (Å²) in [5.74, 6) is 0.0198. The van der Waals surface area contributed by atoms with E-state index < -0.39 is 5.97 Å². The van der Waals surface area contributed by atoms with Crippen molar-refractivity contribution in [3.63, 3.8) is 0 Å². The van der Waals surface area contributed by atoms with E-state index in [0.29, 0.717) is 42.8 Å². The summed E-state index contributed by atoms with van der Waals surface area (Å²) in [6.45, 7) is 1.23. The molecular formula is C22H19N7O5S. The molecule has 13 heteroatoms. The summed E-state index contributed by atoms with van der Waals surface area (Å²) in [7, 11) is 1.80. The van der Waals surface area contributed by atoms with E-state index >= 15 is 0 Å². The molecule has 1 fully saturated rings. The van der Waals surface area contributed by atoms with Crippen molar-refractivity contribution in [3.8, 4) is 28.3 Å². The molecule has 5 heterocycles. The first-order valence-corrected chi connectivity index (χ1v) is 11.5. The maximum Gasteiger partial charge on any atom is 0.358 e. The summed E-state index contributed by atoms with van der Waals surface area (Å²) < 4.78 is 17.9. The minimum atomic E-state index is -0.658. The largest absolute Gasteiger partial charge is 0.459 e. The third-order valence-electron chi connectivity index (χ3n) is 5.36. The third-order valence-corrected chi connectivity index (χ3v) is 6.25. The SMILES string of the molecule is Cn1cc(-c2nc(C(=O)OCC(=O)N3CCN(c4oc(-c5ccco5)nc4C#N)CC3)cs2)cn1. The standard InChI is InChI=1S/C22H19N7O5S/c1-27-11-14(10-24-27)20-26-16(13-35-20)22(31)33-12-18(30)28-4-6-29(7-5-28)21-15(9-23)25-19(34-21)17-3-2-8-32-17/h2-3,8,10-11,13H,4-7,12H2,1H3. The van der Waals surface area contributed by atoms with Crippen LogP contribution in [0.1, 0.15) is 16.2 Å². The van der Waals surface area contributed by atoms with Gasteiger partial charge in [-0.3, -0.25) is 9.48 Å². The first-order chi connectivity index (χ1) is 17.0. The maximum absolute atomic E-state index is 12.6. The van der Waals surface area contributed by atoms with Gasteiger partial charge in [0.1, 0.15) is 11.1 Å². The van der Waals surface area contributed by atoms with Gasteiger partial charge in [0.2, 0.25) is 11.6 Å². The van der Waals surface area contributed by atoms with Gasteiger partial charge in [0.05, 0.1) is 12.5 Å². The summed E-state index contributed by atoms with van der Waals surface area (Å²) in [5.41, 5.74) is 1.10. The molecule has 178 valence electrons. The van der Waals surface area contributed by atoms with Crippen LogP contribution in [-0.4, -0.2) is 69.3 Å². The van der Waals surface area contributed by atoms with Crippen LogP contribution in [0.5, 0.6) is 0 Å². The Bertz CT molecular complexity index is 1390. The van der Waals surface area contributed by atoms with Gasteiger partial charge in [-0.2, -0.15) is 15.3 Å². The number of oxazole rings is 1. The smallest absolute Gasteiger partial charge is 0.358 e. The van der Waals surface area contributed by atoms with E-state index in [9.17, 15) is 14.9 Å². The van der Waals surface area contributed by atoms with Crippen molar-refractivity contribution >= 4 is 29.1 Å². The lowest BCUT2D eigenvalue weighted by atomic mass is 10.3. The van der Waals surface area contributed by atoms with Gasteiger partial charge < -0.3 is 23.4 Å². The Labute approximate surface area is 203 Å². The molecule has 0 radical (unpaired) electrons. The van der Waals surface area contributed by atoms with E-state index in [2.05, 4.69) is 15.1 Å². The van der Waals surface area contributed by atoms with E-state index in [4.69, 9.17) is 13.6 Å². The number of carbonyl (C=O) groups excluding carboxylic acids is 2. The predicted octanol–water partition coefficient (Wildman–Crippen LogP) is 2.17. The number of carbonyl (C=O) groups is 2. The van der Waals surface area contributed by atoms with Crippen LogP contribution in [0, 0.1) is 11.3 Å². The van der Waals surface area contributed by atoms with Crippen LogP contribution in [0.2, 0.25) is 0 Å². The van der Waals surface area contributed by atoms with E-state index in [0.717, 1.165) is 5.56 Å². The molecule has 0 atom stereocenters. The molecule has 0 aromatic carbocycles. The fourth-order valence-electron chi connectivity index (χ4n) is 3.59. The molecule has 0 unspecified atom stereocenters. The highest BCUT2D eigenvalue weighted by atomic mass is 32.1. The van der Waals surface area contributed by atoms with Gasteiger partial charge in [0, 0.05) is 50.4 Å². The minimum Gasteiger partial charge on any atom is -0.459 e. The Morgan fingerprint density at radius 2 is 2.09 bits per heavy atom. The molecule has 1 aliphatic heterocycles. The molecule has 1 saturated heterocycles. The summed E-state index contributed by atoms with van der Waals surface area (Å²) in [4.78, 5) is 36.9. The van der Waals surface area contributed by atoms with Gasteiger partial charge in [-0.15, -0.1) is 11.3 Å². The van der Waals surface area contributed by atoms with Gasteiger partial charge in [0.25, 0.3) is 11.8 Å². The number of aryl methyl sites for hydroxylation is 1. The molecule has 0 bridgehead atoms. The van der Waals surface area contributed by atoms with Crippen LogP contribution < -0.4 is 4.90 Å². The second kappa shape index (κ2) is 9.43. The molecule has 1 aliphatic rings. The predicted molar refractivity (Wildman–Crippen MR) is 122 cm³/mol. The molecule has 0 N–H and O–H groups in total. The summed E-state index contributed by atoms with van der Waals surface area (Å²) >= 11 is 1.30. The Balaban J connectivity index is 1.14. The van der Waals surface area contributed by atoms with Gasteiger partial charge in [-0.25, -0.2) is 9.78 Å². The van der Waals surface area contributed by atoms with Crippen molar-refractivity contribution < 1.29 is 23.2 Å². The van der Waals surface area contributed by atoms with Crippen LogP contribution in [-0.2, 0) is 16.6 Å². The zero-order valence-electron chi connectivity index (χ0n) is 18.6. The lowest BCUT2D eigenvalue weighted by molar-refractivity contribution is -0.134. The third kappa shape index (κ3) is 4.64. The van der Waals surface area contributed by atoms with Crippen molar-refractivity contribution in [2.75, 3.05) is 37.7 Å². The van der Waals surface area contributed by atoms with Gasteiger partial charge >= 0.3 is 5.97 Å². The van der Waals surface area contributed by atoms with E-state index in [1.165, 1.54) is 17.6 Å². The number of amides is 1. The van der Waals surface area contributed by atoms with E-state index in [-0.39, 0.29) is 29.8 Å². The molecule has 0 spiro atoms. The number of thiazole rings is 1. The van der Waals surface area contributed by atoms with Crippen LogP contribution in [0.25, 0.3) is 22.2 Å². The van der Waals surface area contributed by atoms with Gasteiger partial charge in [-0.1, -0.05) is 0 Å². The first kappa shape index (κ1) is 22.4. The number of furan rings is 1. The van der Waals surface area contributed by atoms with Crippen molar-refractivity contribution in [3.05, 3.63) is 47.6 Å². The van der Waals surface area contributed by atoms with Crippen molar-refractivity contribution in [2.45, 2.75) is 0 Å². The number of anilines is 1. The molecule has 0 aliphatic carbocycles. The number of ether oxygens (including phenoxy) is 1. The Morgan fingerprint density at radius 3 is 2.77 bits per heavy atom. The Morgan fingerprint density at radius 1 is 1.26 bits per heavy atom. The molecular weight excluding hydrogens is 474 g/mol. The van der Waals surface area contributed by atoms with Crippen LogP contribution >= 0.6 is 11.3 Å². The van der Waals surface area contributed by atoms with E-state index in [1.807, 2.05) is 11.0 Å². The highest BCUT2D eigenvalue weighted by Gasteiger charge is 2.27. The summed E-state index contributed by atoms with van der Waals surface area (Å²) in [6, 6.07) is 5.43. The number of hydrogen-bond donors (Lipinski definition) is 0. The molecule has 35 heavy (non-hydrogen) atoms. The zero-order valence-corrected chi connectivity index (χ0v) is 19.4. The Kier molecular flexibility index (Phi) is 6.02. The quantitative estimate of drug-likeness (QED) is 0.367. The maximum atomic E-state index is 12.6. The van der Waals surface area contributed by atoms with Crippen molar-refractivity contribution in [1.82, 2.24) is 24.6 Å². The van der Waals surface area contributed by atoms with Crippen LogP contribution in [0.4, 0.5) is 5.88 Å². The second-order valence-corrected chi connectivity index (χ2v) is 8.50. The average molecular weight is 494 g/mol. The van der Waals surface area contributed by atoms with Crippen molar-refractivity contribution in [1.29, 1.82) is 5.26 Å². The highest BCUT2D eigenvalue weighted by Crippen LogP contribution is 2.29. The number of hydrogen-bond acceptors (Lipinski definition) is 11. The number of nitriles is 1. The lowest BCUT2D eigenvalue weighted by Crippen LogP contribution is -2.50. The molecule has 4 aromatic rings. The molecule has 1 amide bonds. The number of piperazine rings is 1. The summed E-state index contributed by atoms with van der Waals surface area (Å²) in [5, 5.41) is 15.8. The van der Waals surface area contributed by atoms with Crippen LogP contribution in [0.3, 0.4) is 0 Å². The molecule has 12 nitrogen and oxygen atoms in total. The minimum absolute atomic E-state index is 0.146. The number of aromatic nitrogens is 4. The number of rotatable bonds is 6. The first-order valence-electron chi connectivity index (χ1n) is 10.6. The zero-order chi connectivity index (χ0) is 24.4. The summed E-state index contributed by atoms with van der Waals surface area (Å²) in [6.07, 6.45) is 4.96. The molecule has 0 saturated carbocycles. The van der Waals surface area contributed by atoms with Crippen molar-refractivity contribution in [2.24, 2.45) is 7.05 Å². The monoisotopic (exact) mass is 493 g/mol.